The second-order valence-corrected chi connectivity index (χ2v) is 7.44. The number of aryl methyl sites for hydroxylation is 1. The van der Waals surface area contributed by atoms with Crippen molar-refractivity contribution in [3.63, 3.8) is 0 Å². The second kappa shape index (κ2) is 6.13. The average Bonchev–Trinajstić information content (AvgIpc) is 2.63. The van der Waals surface area contributed by atoms with E-state index >= 15 is 0 Å². The summed E-state index contributed by atoms with van der Waals surface area (Å²) < 4.78 is 23.3. The van der Waals surface area contributed by atoms with Crippen molar-refractivity contribution >= 4 is 0 Å². The Morgan fingerprint density at radius 2 is 1.72 bits per heavy atom. The zero-order valence-corrected chi connectivity index (χ0v) is 15.0. The van der Waals surface area contributed by atoms with Crippen LogP contribution in [0.4, 0.5) is 0 Å². The van der Waals surface area contributed by atoms with Crippen molar-refractivity contribution in [1.29, 1.82) is 0 Å². The molecule has 2 aromatic rings. The lowest BCUT2D eigenvalue weighted by molar-refractivity contribution is -0.464. The lowest BCUT2D eigenvalue weighted by Gasteiger charge is -2.50. The Kier molecular flexibility index (Phi) is 4.07. The Labute approximate surface area is 148 Å². The van der Waals surface area contributed by atoms with E-state index in [4.69, 9.17) is 18.9 Å². The molecule has 3 saturated heterocycles. The van der Waals surface area contributed by atoms with Crippen LogP contribution in [-0.4, -0.2) is 32.9 Å². The number of benzene rings is 2. The van der Waals surface area contributed by atoms with E-state index < -0.39 is 5.97 Å². The molecule has 25 heavy (non-hydrogen) atoms. The number of hydrogen-bond acceptors (Lipinski definition) is 4. The van der Waals surface area contributed by atoms with Crippen LogP contribution in [-0.2, 0) is 20.6 Å². The van der Waals surface area contributed by atoms with Gasteiger partial charge in [0.1, 0.15) is 5.75 Å². The van der Waals surface area contributed by atoms with Crippen LogP contribution in [0.1, 0.15) is 18.1 Å². The fraction of sp³-hybridized carbons (Fsp3) is 0.429. The van der Waals surface area contributed by atoms with Crippen molar-refractivity contribution in [2.45, 2.75) is 26.2 Å². The smallest absolute Gasteiger partial charge is 0.287 e. The first-order valence-electron chi connectivity index (χ1n) is 8.67. The van der Waals surface area contributed by atoms with Gasteiger partial charge in [-0.2, -0.15) is 0 Å². The molecule has 3 fully saturated rings. The van der Waals surface area contributed by atoms with Crippen molar-refractivity contribution in [3.8, 4) is 16.9 Å². The van der Waals surface area contributed by atoms with Crippen LogP contribution in [0, 0.1) is 12.3 Å². The van der Waals surface area contributed by atoms with Gasteiger partial charge in [0.2, 0.25) is 0 Å². The summed E-state index contributed by atoms with van der Waals surface area (Å²) in [5.41, 5.74) is 4.50. The molecule has 0 atom stereocenters. The first-order chi connectivity index (χ1) is 12.0. The van der Waals surface area contributed by atoms with Gasteiger partial charge in [-0.3, -0.25) is 0 Å². The summed E-state index contributed by atoms with van der Waals surface area (Å²) in [4.78, 5) is 0. The Balaban J connectivity index is 1.64. The lowest BCUT2D eigenvalue weighted by Crippen LogP contribution is -2.59. The zero-order chi connectivity index (χ0) is 17.5. The maximum Gasteiger partial charge on any atom is 0.287 e. The summed E-state index contributed by atoms with van der Waals surface area (Å²) in [5.74, 6) is -0.0922. The third-order valence-corrected chi connectivity index (χ3v) is 4.94. The van der Waals surface area contributed by atoms with E-state index in [0.29, 0.717) is 26.2 Å². The zero-order valence-electron chi connectivity index (χ0n) is 15.0. The topological polar surface area (TPSA) is 36.9 Å². The molecule has 4 nitrogen and oxygen atoms in total. The summed E-state index contributed by atoms with van der Waals surface area (Å²) in [7, 11) is 1.70. The Hall–Kier alpha value is -1.88. The maximum atomic E-state index is 5.92. The van der Waals surface area contributed by atoms with E-state index in [2.05, 4.69) is 44.2 Å². The van der Waals surface area contributed by atoms with Gasteiger partial charge >= 0.3 is 0 Å². The van der Waals surface area contributed by atoms with Crippen LogP contribution in [0.3, 0.4) is 0 Å². The van der Waals surface area contributed by atoms with Crippen molar-refractivity contribution < 1.29 is 18.9 Å². The highest BCUT2D eigenvalue weighted by Crippen LogP contribution is 2.40. The molecule has 0 radical (unpaired) electrons. The van der Waals surface area contributed by atoms with Crippen LogP contribution in [0.25, 0.3) is 11.1 Å². The molecule has 0 N–H and O–H groups in total. The van der Waals surface area contributed by atoms with E-state index in [-0.39, 0.29) is 5.41 Å². The molecule has 3 aliphatic heterocycles. The predicted molar refractivity (Wildman–Crippen MR) is 95.6 cm³/mol. The number of methoxy groups -OCH3 is 1. The Bertz CT molecular complexity index is 759. The molecule has 4 heteroatoms. The molecule has 3 aliphatic rings. The van der Waals surface area contributed by atoms with Crippen molar-refractivity contribution in [2.75, 3.05) is 26.9 Å². The second-order valence-electron chi connectivity index (χ2n) is 7.44. The molecule has 0 amide bonds. The molecule has 2 aromatic carbocycles. The van der Waals surface area contributed by atoms with Crippen LogP contribution in [0.5, 0.6) is 5.75 Å². The van der Waals surface area contributed by atoms with Gasteiger partial charge in [0, 0.05) is 11.0 Å². The van der Waals surface area contributed by atoms with Gasteiger partial charge in [0.25, 0.3) is 5.97 Å². The third kappa shape index (κ3) is 3.17. The summed E-state index contributed by atoms with van der Waals surface area (Å²) in [6.07, 6.45) is 0.561. The van der Waals surface area contributed by atoms with Crippen LogP contribution < -0.4 is 4.74 Å². The standard InChI is InChI=1S/C21H24O4/c1-15-5-4-6-17(9-15)18-10-16(7-8-19(18)22-3)11-21-23-12-20(2,13-24-21)14-25-21/h4-10H,11-14H2,1-3H3. The first kappa shape index (κ1) is 16.6. The molecule has 0 unspecified atom stereocenters. The number of rotatable bonds is 4. The van der Waals surface area contributed by atoms with E-state index in [1.54, 1.807) is 7.11 Å². The Morgan fingerprint density at radius 1 is 1.00 bits per heavy atom. The number of fused-ring (bicyclic) bond motifs is 3. The normalized spacial score (nSPS) is 28.1. The van der Waals surface area contributed by atoms with Gasteiger partial charge in [-0.15, -0.1) is 0 Å². The predicted octanol–water partition coefficient (Wildman–Crippen LogP) is 3.95. The number of ether oxygens (including phenoxy) is 4. The largest absolute Gasteiger partial charge is 0.496 e. The minimum Gasteiger partial charge on any atom is -0.496 e. The van der Waals surface area contributed by atoms with E-state index in [0.717, 1.165) is 22.4 Å². The molecule has 0 aromatic heterocycles. The summed E-state index contributed by atoms with van der Waals surface area (Å²) in [5, 5.41) is 0. The van der Waals surface area contributed by atoms with E-state index in [9.17, 15) is 0 Å². The highest BCUT2D eigenvalue weighted by Gasteiger charge is 2.50. The van der Waals surface area contributed by atoms with Gasteiger partial charge in [-0.1, -0.05) is 42.8 Å². The molecule has 2 bridgehead atoms. The molecule has 0 spiro atoms. The quantitative estimate of drug-likeness (QED) is 0.844. The molecule has 3 heterocycles. The highest BCUT2D eigenvalue weighted by molar-refractivity contribution is 5.71. The van der Waals surface area contributed by atoms with E-state index in [1.807, 2.05) is 12.1 Å². The maximum absolute atomic E-state index is 5.92. The summed E-state index contributed by atoms with van der Waals surface area (Å²) in [6, 6.07) is 14.6. The van der Waals surface area contributed by atoms with E-state index in [1.165, 1.54) is 5.56 Å². The lowest BCUT2D eigenvalue weighted by atomic mass is 9.91. The third-order valence-electron chi connectivity index (χ3n) is 4.94. The fourth-order valence-corrected chi connectivity index (χ4v) is 3.41. The SMILES string of the molecule is COc1ccc(CC23OCC(C)(CO2)CO3)cc1-c1cccc(C)c1. The van der Waals surface area contributed by atoms with Crippen LogP contribution >= 0.6 is 0 Å². The van der Waals surface area contributed by atoms with Crippen LogP contribution in [0.15, 0.2) is 42.5 Å². The summed E-state index contributed by atoms with van der Waals surface area (Å²) in [6.45, 7) is 6.24. The minimum absolute atomic E-state index is 0.0195. The number of hydrogen-bond donors (Lipinski definition) is 0. The van der Waals surface area contributed by atoms with Crippen LogP contribution in [0.2, 0.25) is 0 Å². The highest BCUT2D eigenvalue weighted by atomic mass is 16.9. The van der Waals surface area contributed by atoms with Crippen molar-refractivity contribution in [3.05, 3.63) is 53.6 Å². The van der Waals surface area contributed by atoms with Crippen molar-refractivity contribution in [1.82, 2.24) is 0 Å². The Morgan fingerprint density at radius 3 is 2.36 bits per heavy atom. The van der Waals surface area contributed by atoms with Gasteiger partial charge < -0.3 is 18.9 Å². The average molecular weight is 340 g/mol. The monoisotopic (exact) mass is 340 g/mol. The minimum atomic E-state index is -0.948. The molecule has 0 saturated carbocycles. The molecule has 5 rings (SSSR count). The molecular formula is C21H24O4. The fourth-order valence-electron chi connectivity index (χ4n) is 3.41. The van der Waals surface area contributed by atoms with Gasteiger partial charge in [-0.05, 0) is 30.2 Å². The summed E-state index contributed by atoms with van der Waals surface area (Å²) >= 11 is 0. The molecule has 132 valence electrons. The van der Waals surface area contributed by atoms with Gasteiger partial charge in [0.15, 0.2) is 0 Å². The van der Waals surface area contributed by atoms with Gasteiger partial charge in [-0.25, -0.2) is 0 Å². The molecular weight excluding hydrogens is 316 g/mol. The van der Waals surface area contributed by atoms with Crippen molar-refractivity contribution in [2.24, 2.45) is 5.41 Å². The first-order valence-corrected chi connectivity index (χ1v) is 8.67. The van der Waals surface area contributed by atoms with Gasteiger partial charge in [0.05, 0.1) is 33.4 Å². The molecule has 0 aliphatic carbocycles.